The van der Waals surface area contributed by atoms with E-state index in [1.165, 1.54) is 11.3 Å². The van der Waals surface area contributed by atoms with Gasteiger partial charge in [-0.25, -0.2) is 4.98 Å². The third-order valence-electron chi connectivity index (χ3n) is 2.84. The van der Waals surface area contributed by atoms with Crippen LogP contribution in [0.4, 0.5) is 0 Å². The summed E-state index contributed by atoms with van der Waals surface area (Å²) in [5, 5.41) is 5.47. The minimum Gasteiger partial charge on any atom is -0.493 e. The molecule has 1 aromatic heterocycles. The number of hydrogen-bond donors (Lipinski definition) is 1. The molecule has 2 rings (SSSR count). The Morgan fingerprint density at radius 3 is 2.50 bits per heavy atom. The third-order valence-corrected chi connectivity index (χ3v) is 3.73. The van der Waals surface area contributed by atoms with Crippen LogP contribution in [0.15, 0.2) is 29.6 Å². The number of nitrogens with zero attached hydrogens (tertiary/aromatic N) is 1. The first-order valence-corrected chi connectivity index (χ1v) is 8.33. The number of benzene rings is 1. The van der Waals surface area contributed by atoms with Crippen molar-refractivity contribution in [2.45, 2.75) is 33.7 Å². The van der Waals surface area contributed by atoms with Crippen molar-refractivity contribution in [1.82, 2.24) is 10.3 Å². The number of carbonyl (C=O) groups excluding carboxylic acids is 1. The summed E-state index contributed by atoms with van der Waals surface area (Å²) in [4.78, 5) is 16.3. The highest BCUT2D eigenvalue weighted by Crippen LogP contribution is 2.26. The molecule has 1 heterocycles. The first kappa shape index (κ1) is 16.5. The Morgan fingerprint density at radius 2 is 1.91 bits per heavy atom. The maximum absolute atomic E-state index is 11.9. The summed E-state index contributed by atoms with van der Waals surface area (Å²) in [6.45, 7) is 8.81. The molecule has 0 unspecified atom stereocenters. The van der Waals surface area contributed by atoms with Crippen LogP contribution in [0, 0.1) is 5.92 Å². The molecular weight excluding hydrogens is 296 g/mol. The lowest BCUT2D eigenvalue weighted by Gasteiger charge is -2.08. The normalized spacial score (nSPS) is 11.0. The minimum absolute atomic E-state index is 0.107. The molecule has 1 amide bonds. The molecule has 0 aliphatic heterocycles. The molecular formula is C17H22N2O2S. The zero-order valence-corrected chi connectivity index (χ0v) is 14.2. The molecule has 0 aliphatic carbocycles. The van der Waals surface area contributed by atoms with E-state index < -0.39 is 0 Å². The van der Waals surface area contributed by atoms with Crippen LogP contribution in [-0.4, -0.2) is 23.5 Å². The number of nitrogens with one attached hydrogen (secondary N) is 1. The van der Waals surface area contributed by atoms with Crippen LogP contribution in [-0.2, 0) is 0 Å². The molecule has 1 aromatic carbocycles. The van der Waals surface area contributed by atoms with Crippen LogP contribution in [0.5, 0.6) is 5.75 Å². The van der Waals surface area contributed by atoms with Gasteiger partial charge in [0.05, 0.1) is 6.61 Å². The Bertz CT molecular complexity index is 618. The summed E-state index contributed by atoms with van der Waals surface area (Å²) in [6, 6.07) is 7.92. The van der Waals surface area contributed by atoms with E-state index in [1.807, 2.05) is 38.1 Å². The van der Waals surface area contributed by atoms with Crippen molar-refractivity contribution in [1.29, 1.82) is 0 Å². The monoisotopic (exact) mass is 318 g/mol. The molecule has 0 atom stereocenters. The topological polar surface area (TPSA) is 51.2 Å². The van der Waals surface area contributed by atoms with Gasteiger partial charge in [-0.3, -0.25) is 4.79 Å². The van der Waals surface area contributed by atoms with Gasteiger partial charge in [-0.15, -0.1) is 11.3 Å². The molecule has 0 saturated heterocycles. The van der Waals surface area contributed by atoms with Crippen LogP contribution < -0.4 is 10.1 Å². The zero-order chi connectivity index (χ0) is 16.1. The van der Waals surface area contributed by atoms with Crippen LogP contribution >= 0.6 is 11.3 Å². The summed E-state index contributed by atoms with van der Waals surface area (Å²) < 4.78 is 5.66. The molecule has 0 spiro atoms. The fourth-order valence-electron chi connectivity index (χ4n) is 1.80. The minimum atomic E-state index is -0.130. The summed E-state index contributed by atoms with van der Waals surface area (Å²) in [5.41, 5.74) is 1.46. The molecule has 0 radical (unpaired) electrons. The van der Waals surface area contributed by atoms with Crippen molar-refractivity contribution in [3.05, 3.63) is 35.3 Å². The zero-order valence-electron chi connectivity index (χ0n) is 13.4. The van der Waals surface area contributed by atoms with Gasteiger partial charge in [0.15, 0.2) is 0 Å². The second kappa shape index (κ2) is 7.40. The highest BCUT2D eigenvalue weighted by Gasteiger charge is 2.12. The molecule has 118 valence electrons. The Kier molecular flexibility index (Phi) is 5.55. The van der Waals surface area contributed by atoms with Gasteiger partial charge in [0.25, 0.3) is 5.91 Å². The first-order valence-electron chi connectivity index (χ1n) is 7.45. The second-order valence-electron chi connectivity index (χ2n) is 5.90. The van der Waals surface area contributed by atoms with Crippen molar-refractivity contribution in [3.8, 4) is 16.3 Å². The van der Waals surface area contributed by atoms with Crippen molar-refractivity contribution in [2.24, 2.45) is 5.92 Å². The largest absolute Gasteiger partial charge is 0.493 e. The van der Waals surface area contributed by atoms with Crippen molar-refractivity contribution in [3.63, 3.8) is 0 Å². The van der Waals surface area contributed by atoms with Crippen LogP contribution in [0.1, 0.15) is 38.2 Å². The van der Waals surface area contributed by atoms with E-state index in [2.05, 4.69) is 24.1 Å². The van der Waals surface area contributed by atoms with Gasteiger partial charge in [-0.05, 0) is 44.0 Å². The molecule has 2 aromatic rings. The van der Waals surface area contributed by atoms with E-state index >= 15 is 0 Å². The summed E-state index contributed by atoms with van der Waals surface area (Å²) >= 11 is 1.47. The van der Waals surface area contributed by atoms with E-state index in [4.69, 9.17) is 4.74 Å². The predicted molar refractivity (Wildman–Crippen MR) is 90.5 cm³/mol. The molecule has 4 nitrogen and oxygen atoms in total. The maximum atomic E-state index is 11.9. The quantitative estimate of drug-likeness (QED) is 0.876. The molecule has 0 aliphatic rings. The van der Waals surface area contributed by atoms with Crippen LogP contribution in [0.2, 0.25) is 0 Å². The SMILES string of the molecule is CC(C)COc1ccc(-c2nc(C(=O)NC(C)C)cs2)cc1. The van der Waals surface area contributed by atoms with Crippen LogP contribution in [0.3, 0.4) is 0 Å². The number of rotatable bonds is 6. The average Bonchev–Trinajstić information content (AvgIpc) is 2.95. The molecule has 0 fully saturated rings. The first-order chi connectivity index (χ1) is 10.5. The lowest BCUT2D eigenvalue weighted by molar-refractivity contribution is 0.0939. The lowest BCUT2D eigenvalue weighted by Crippen LogP contribution is -2.30. The number of ether oxygens (including phenoxy) is 1. The average molecular weight is 318 g/mol. The number of hydrogen-bond acceptors (Lipinski definition) is 4. The number of amides is 1. The Morgan fingerprint density at radius 1 is 1.23 bits per heavy atom. The standard InChI is InChI=1S/C17H22N2O2S/c1-11(2)9-21-14-7-5-13(6-8-14)17-19-15(10-22-17)16(20)18-12(3)4/h5-8,10-12H,9H2,1-4H3,(H,18,20). The molecule has 0 bridgehead atoms. The predicted octanol–water partition coefficient (Wildman–Crippen LogP) is 3.98. The maximum Gasteiger partial charge on any atom is 0.270 e. The number of thiazole rings is 1. The second-order valence-corrected chi connectivity index (χ2v) is 6.75. The van der Waals surface area contributed by atoms with E-state index in [0.717, 1.165) is 16.3 Å². The van der Waals surface area contributed by atoms with Gasteiger partial charge in [0, 0.05) is 17.0 Å². The molecule has 0 saturated carbocycles. The lowest BCUT2D eigenvalue weighted by atomic mass is 10.2. The molecule has 1 N–H and O–H groups in total. The third kappa shape index (κ3) is 4.56. The molecule has 22 heavy (non-hydrogen) atoms. The van der Waals surface area contributed by atoms with Crippen molar-refractivity contribution < 1.29 is 9.53 Å². The Hall–Kier alpha value is -1.88. The van der Waals surface area contributed by atoms with Crippen molar-refractivity contribution in [2.75, 3.05) is 6.61 Å². The van der Waals surface area contributed by atoms with Gasteiger partial charge < -0.3 is 10.1 Å². The number of aromatic nitrogens is 1. The van der Waals surface area contributed by atoms with E-state index in [-0.39, 0.29) is 11.9 Å². The van der Waals surface area contributed by atoms with Gasteiger partial charge in [0.2, 0.25) is 0 Å². The number of carbonyl (C=O) groups is 1. The van der Waals surface area contributed by atoms with Gasteiger partial charge in [0.1, 0.15) is 16.5 Å². The summed E-state index contributed by atoms with van der Waals surface area (Å²) in [5.74, 6) is 1.22. The highest BCUT2D eigenvalue weighted by atomic mass is 32.1. The summed E-state index contributed by atoms with van der Waals surface area (Å²) in [6.07, 6.45) is 0. The van der Waals surface area contributed by atoms with E-state index in [1.54, 1.807) is 5.38 Å². The smallest absolute Gasteiger partial charge is 0.270 e. The highest BCUT2D eigenvalue weighted by molar-refractivity contribution is 7.13. The van der Waals surface area contributed by atoms with Crippen molar-refractivity contribution >= 4 is 17.2 Å². The van der Waals surface area contributed by atoms with Crippen LogP contribution in [0.25, 0.3) is 10.6 Å². The van der Waals surface area contributed by atoms with Gasteiger partial charge in [-0.1, -0.05) is 13.8 Å². The fraction of sp³-hybridized carbons (Fsp3) is 0.412. The van der Waals surface area contributed by atoms with E-state index in [9.17, 15) is 4.79 Å². The summed E-state index contributed by atoms with van der Waals surface area (Å²) in [7, 11) is 0. The van der Waals surface area contributed by atoms with E-state index in [0.29, 0.717) is 18.2 Å². The fourth-order valence-corrected chi connectivity index (χ4v) is 2.61. The van der Waals surface area contributed by atoms with Gasteiger partial charge in [-0.2, -0.15) is 0 Å². The van der Waals surface area contributed by atoms with Gasteiger partial charge >= 0.3 is 0 Å². The Balaban J connectivity index is 2.06. The Labute approximate surface area is 135 Å². The molecule has 5 heteroatoms.